The van der Waals surface area contributed by atoms with E-state index in [1.165, 1.54) is 11.3 Å². The lowest BCUT2D eigenvalue weighted by Gasteiger charge is -2.47. The molecule has 3 fully saturated rings. The predicted molar refractivity (Wildman–Crippen MR) is 95.4 cm³/mol. The Bertz CT molecular complexity index is 736. The van der Waals surface area contributed by atoms with E-state index in [-0.39, 0.29) is 11.7 Å². The van der Waals surface area contributed by atoms with Crippen molar-refractivity contribution >= 4 is 23.2 Å². The number of fused-ring (bicyclic) bond motifs is 3. The molecule has 5 nitrogen and oxygen atoms in total. The van der Waals surface area contributed by atoms with Crippen molar-refractivity contribution in [2.75, 3.05) is 25.0 Å². The fourth-order valence-corrected chi connectivity index (χ4v) is 4.46. The molecule has 3 aliphatic heterocycles. The van der Waals surface area contributed by atoms with Crippen LogP contribution in [0.5, 0.6) is 0 Å². The molecule has 0 radical (unpaired) electrons. The topological polar surface area (TPSA) is 54.5 Å². The first kappa shape index (κ1) is 15.6. The molecule has 3 aliphatic rings. The zero-order valence-corrected chi connectivity index (χ0v) is 14.6. The molecule has 0 spiro atoms. The minimum absolute atomic E-state index is 0.280. The van der Waals surface area contributed by atoms with Gasteiger partial charge in [-0.25, -0.2) is 9.78 Å². The molecule has 24 heavy (non-hydrogen) atoms. The number of piperidine rings is 3. The van der Waals surface area contributed by atoms with Crippen molar-refractivity contribution in [1.82, 2.24) is 9.88 Å². The van der Waals surface area contributed by atoms with E-state index >= 15 is 0 Å². The molecule has 2 bridgehead atoms. The molecular formula is C18H21N3O2S. The van der Waals surface area contributed by atoms with E-state index in [2.05, 4.69) is 34.3 Å². The summed E-state index contributed by atoms with van der Waals surface area (Å²) in [6.07, 6.45) is 2.41. The third-order valence-corrected chi connectivity index (χ3v) is 6.00. The van der Waals surface area contributed by atoms with Crippen LogP contribution in [0, 0.1) is 6.92 Å². The van der Waals surface area contributed by atoms with Crippen LogP contribution >= 0.6 is 11.3 Å². The van der Waals surface area contributed by atoms with Crippen LogP contribution in [0.3, 0.4) is 0 Å². The SMILES string of the molecule is Cc1ccccc1-c1scnc1NC(=O)OC12CCN(CC1)CC2. The zero-order valence-electron chi connectivity index (χ0n) is 13.7. The quantitative estimate of drug-likeness (QED) is 0.918. The molecule has 1 aromatic carbocycles. The summed E-state index contributed by atoms with van der Waals surface area (Å²) >= 11 is 1.53. The van der Waals surface area contributed by atoms with Crippen molar-refractivity contribution in [2.24, 2.45) is 0 Å². The average Bonchev–Trinajstić information content (AvgIpc) is 3.04. The number of carbonyl (C=O) groups excluding carboxylic acids is 1. The first-order valence-corrected chi connectivity index (χ1v) is 9.25. The van der Waals surface area contributed by atoms with Gasteiger partial charge in [0.1, 0.15) is 5.60 Å². The fraction of sp³-hybridized carbons (Fsp3) is 0.444. The predicted octanol–water partition coefficient (Wildman–Crippen LogP) is 3.91. The zero-order chi connectivity index (χ0) is 16.6. The number of hydrogen-bond donors (Lipinski definition) is 1. The Morgan fingerprint density at radius 3 is 2.67 bits per heavy atom. The largest absolute Gasteiger partial charge is 0.443 e. The van der Waals surface area contributed by atoms with E-state index < -0.39 is 0 Å². The summed E-state index contributed by atoms with van der Waals surface area (Å²) in [5.74, 6) is 0.587. The van der Waals surface area contributed by atoms with E-state index in [9.17, 15) is 4.79 Å². The molecule has 0 unspecified atom stereocenters. The number of anilines is 1. The number of hydrogen-bond acceptors (Lipinski definition) is 5. The van der Waals surface area contributed by atoms with Gasteiger partial charge in [-0.15, -0.1) is 11.3 Å². The summed E-state index contributed by atoms with van der Waals surface area (Å²) in [5, 5.41) is 2.86. The van der Waals surface area contributed by atoms with Gasteiger partial charge < -0.3 is 9.64 Å². The molecule has 0 atom stereocenters. The molecule has 0 aliphatic carbocycles. The maximum atomic E-state index is 12.4. The maximum Gasteiger partial charge on any atom is 0.413 e. The molecule has 1 aromatic heterocycles. The number of aromatic nitrogens is 1. The van der Waals surface area contributed by atoms with Crippen molar-refractivity contribution < 1.29 is 9.53 Å². The van der Waals surface area contributed by atoms with Crippen LogP contribution in [-0.4, -0.2) is 41.2 Å². The van der Waals surface area contributed by atoms with Gasteiger partial charge in [-0.05, 0) is 18.1 Å². The van der Waals surface area contributed by atoms with Crippen LogP contribution in [0.15, 0.2) is 29.8 Å². The first-order chi connectivity index (χ1) is 11.7. The van der Waals surface area contributed by atoms with Crippen molar-refractivity contribution in [3.8, 4) is 10.4 Å². The van der Waals surface area contributed by atoms with Crippen LogP contribution in [0.25, 0.3) is 10.4 Å². The molecule has 1 amide bonds. The highest BCUT2D eigenvalue weighted by Crippen LogP contribution is 2.37. The van der Waals surface area contributed by atoms with Gasteiger partial charge in [0.2, 0.25) is 0 Å². The van der Waals surface area contributed by atoms with E-state index in [0.29, 0.717) is 5.82 Å². The lowest BCUT2D eigenvalue weighted by molar-refractivity contribution is -0.0742. The third kappa shape index (κ3) is 2.91. The summed E-state index contributed by atoms with van der Waals surface area (Å²) in [4.78, 5) is 20.2. The van der Waals surface area contributed by atoms with Crippen LogP contribution < -0.4 is 5.32 Å². The minimum Gasteiger partial charge on any atom is -0.443 e. The van der Waals surface area contributed by atoms with Gasteiger partial charge in [0.25, 0.3) is 0 Å². The number of thiazole rings is 1. The van der Waals surface area contributed by atoms with Gasteiger partial charge in [0.15, 0.2) is 5.82 Å². The second-order valence-electron chi connectivity index (χ2n) is 6.63. The Labute approximate surface area is 145 Å². The Kier molecular flexibility index (Phi) is 4.02. The number of nitrogens with one attached hydrogen (secondary N) is 1. The lowest BCUT2D eigenvalue weighted by atomic mass is 9.83. The summed E-state index contributed by atoms with van der Waals surface area (Å²) in [6, 6.07) is 8.12. The number of amides is 1. The lowest BCUT2D eigenvalue weighted by Crippen LogP contribution is -2.54. The maximum absolute atomic E-state index is 12.4. The molecule has 4 heterocycles. The van der Waals surface area contributed by atoms with Gasteiger partial charge in [-0.1, -0.05) is 24.3 Å². The van der Waals surface area contributed by atoms with Crippen LogP contribution in [0.1, 0.15) is 24.8 Å². The first-order valence-electron chi connectivity index (χ1n) is 8.37. The fourth-order valence-electron chi connectivity index (χ4n) is 3.62. The van der Waals surface area contributed by atoms with Crippen molar-refractivity contribution in [2.45, 2.75) is 31.8 Å². The van der Waals surface area contributed by atoms with Crippen molar-refractivity contribution in [3.05, 3.63) is 35.3 Å². The van der Waals surface area contributed by atoms with Gasteiger partial charge in [0.05, 0.1) is 10.4 Å². The van der Waals surface area contributed by atoms with Gasteiger partial charge in [-0.2, -0.15) is 0 Å². The van der Waals surface area contributed by atoms with E-state index in [4.69, 9.17) is 4.74 Å². The number of rotatable bonds is 3. The Morgan fingerprint density at radius 2 is 1.96 bits per heavy atom. The molecule has 1 N–H and O–H groups in total. The molecule has 3 saturated heterocycles. The molecule has 0 saturated carbocycles. The van der Waals surface area contributed by atoms with Gasteiger partial charge in [0, 0.05) is 38.9 Å². The number of benzene rings is 1. The summed E-state index contributed by atoms with van der Waals surface area (Å²) < 4.78 is 5.85. The van der Waals surface area contributed by atoms with Gasteiger partial charge in [-0.3, -0.25) is 5.32 Å². The molecule has 5 rings (SSSR count). The van der Waals surface area contributed by atoms with Crippen LogP contribution in [0.2, 0.25) is 0 Å². The molecular weight excluding hydrogens is 322 g/mol. The highest BCUT2D eigenvalue weighted by atomic mass is 32.1. The monoisotopic (exact) mass is 343 g/mol. The number of ether oxygens (including phenoxy) is 1. The molecule has 6 heteroatoms. The van der Waals surface area contributed by atoms with E-state index in [0.717, 1.165) is 54.9 Å². The standard InChI is InChI=1S/C18H21N3O2S/c1-13-4-2-3-5-14(13)15-16(19-12-24-15)20-17(22)23-18-6-9-21(10-7-18)11-8-18/h2-5,12H,6-11H2,1H3,(H,20,22). The van der Waals surface area contributed by atoms with Crippen molar-refractivity contribution in [3.63, 3.8) is 0 Å². The van der Waals surface area contributed by atoms with Crippen LogP contribution in [0.4, 0.5) is 10.6 Å². The summed E-state index contributed by atoms with van der Waals surface area (Å²) in [6.45, 7) is 5.14. The smallest absolute Gasteiger partial charge is 0.413 e. The minimum atomic E-state index is -0.383. The Balaban J connectivity index is 1.49. The highest BCUT2D eigenvalue weighted by molar-refractivity contribution is 7.13. The van der Waals surface area contributed by atoms with Crippen LogP contribution in [-0.2, 0) is 4.74 Å². The highest BCUT2D eigenvalue weighted by Gasteiger charge is 2.42. The third-order valence-electron chi connectivity index (χ3n) is 5.14. The number of nitrogens with zero attached hydrogens (tertiary/aromatic N) is 2. The van der Waals surface area contributed by atoms with E-state index in [1.54, 1.807) is 5.51 Å². The number of aryl methyl sites for hydroxylation is 1. The summed E-state index contributed by atoms with van der Waals surface area (Å²) in [5.41, 5.74) is 3.74. The van der Waals surface area contributed by atoms with E-state index in [1.807, 2.05) is 12.1 Å². The average molecular weight is 343 g/mol. The molecule has 2 aromatic rings. The normalized spacial score (nSPS) is 25.5. The number of carbonyl (C=O) groups is 1. The second-order valence-corrected chi connectivity index (χ2v) is 7.49. The van der Waals surface area contributed by atoms with Crippen molar-refractivity contribution in [1.29, 1.82) is 0 Å². The Morgan fingerprint density at radius 1 is 1.25 bits per heavy atom. The summed E-state index contributed by atoms with van der Waals surface area (Å²) in [7, 11) is 0. The Hall–Kier alpha value is -1.92. The van der Waals surface area contributed by atoms with Gasteiger partial charge >= 0.3 is 6.09 Å². The second kappa shape index (κ2) is 6.18. The molecule has 126 valence electrons.